The SMILES string of the molecule is CCOC(CN)Cc1ccc(OCc2nc(-c3ccccc3)oc2C)cc1. The van der Waals surface area contributed by atoms with Crippen LogP contribution >= 0.6 is 0 Å². The van der Waals surface area contributed by atoms with Gasteiger partial charge in [-0.1, -0.05) is 30.3 Å². The van der Waals surface area contributed by atoms with E-state index in [9.17, 15) is 0 Å². The lowest BCUT2D eigenvalue weighted by atomic mass is 10.1. The summed E-state index contributed by atoms with van der Waals surface area (Å²) in [5.74, 6) is 2.18. The number of ether oxygens (including phenoxy) is 2. The lowest BCUT2D eigenvalue weighted by molar-refractivity contribution is 0.0694. The molecule has 5 heteroatoms. The van der Waals surface area contributed by atoms with Gasteiger partial charge in [0.05, 0.1) is 6.10 Å². The molecule has 1 atom stereocenters. The Bertz CT molecular complexity index is 829. The molecule has 0 bridgehead atoms. The fourth-order valence-corrected chi connectivity index (χ4v) is 2.85. The first-order valence-electron chi connectivity index (χ1n) is 9.24. The highest BCUT2D eigenvalue weighted by atomic mass is 16.5. The van der Waals surface area contributed by atoms with Gasteiger partial charge < -0.3 is 19.6 Å². The summed E-state index contributed by atoms with van der Waals surface area (Å²) in [6.45, 7) is 5.44. The Hall–Kier alpha value is -2.63. The topological polar surface area (TPSA) is 70.5 Å². The molecule has 27 heavy (non-hydrogen) atoms. The molecule has 0 aliphatic carbocycles. The second kappa shape index (κ2) is 9.35. The van der Waals surface area contributed by atoms with Gasteiger partial charge in [0, 0.05) is 18.7 Å². The van der Waals surface area contributed by atoms with E-state index in [-0.39, 0.29) is 6.10 Å². The summed E-state index contributed by atoms with van der Waals surface area (Å²) in [5, 5.41) is 0. The highest BCUT2D eigenvalue weighted by molar-refractivity contribution is 5.53. The molecule has 2 aromatic carbocycles. The van der Waals surface area contributed by atoms with E-state index in [1.165, 1.54) is 5.56 Å². The zero-order chi connectivity index (χ0) is 19.1. The van der Waals surface area contributed by atoms with Crippen LogP contribution < -0.4 is 10.5 Å². The Morgan fingerprint density at radius 2 is 1.81 bits per heavy atom. The predicted octanol–water partition coefficient (Wildman–Crippen LogP) is 4.14. The number of oxazole rings is 1. The van der Waals surface area contributed by atoms with Crippen LogP contribution in [0.1, 0.15) is 23.9 Å². The van der Waals surface area contributed by atoms with Crippen LogP contribution in [0.15, 0.2) is 59.0 Å². The normalized spacial score (nSPS) is 12.1. The standard InChI is InChI=1S/C22H26N2O3/c1-3-25-20(14-23)13-17-9-11-19(12-10-17)26-15-21-16(2)27-22(24-21)18-7-5-4-6-8-18/h4-12,20H,3,13-15,23H2,1-2H3. The van der Waals surface area contributed by atoms with Gasteiger partial charge in [-0.15, -0.1) is 0 Å². The Morgan fingerprint density at radius 1 is 1.07 bits per heavy atom. The monoisotopic (exact) mass is 366 g/mol. The molecule has 0 spiro atoms. The first-order chi connectivity index (χ1) is 13.2. The fraction of sp³-hybridized carbons (Fsp3) is 0.318. The summed E-state index contributed by atoms with van der Waals surface area (Å²) in [6, 6.07) is 17.9. The number of benzene rings is 2. The van der Waals surface area contributed by atoms with Crippen molar-refractivity contribution in [3.8, 4) is 17.2 Å². The molecule has 3 rings (SSSR count). The molecule has 5 nitrogen and oxygen atoms in total. The fourth-order valence-electron chi connectivity index (χ4n) is 2.85. The summed E-state index contributed by atoms with van der Waals surface area (Å²) in [7, 11) is 0. The van der Waals surface area contributed by atoms with Gasteiger partial charge in [-0.25, -0.2) is 4.98 Å². The molecule has 0 aliphatic rings. The number of rotatable bonds is 9. The minimum absolute atomic E-state index is 0.0518. The van der Waals surface area contributed by atoms with E-state index in [1.54, 1.807) is 0 Å². The van der Waals surface area contributed by atoms with E-state index in [0.29, 0.717) is 25.6 Å². The van der Waals surface area contributed by atoms with E-state index in [1.807, 2.05) is 68.4 Å². The minimum atomic E-state index is 0.0518. The molecule has 0 fully saturated rings. The van der Waals surface area contributed by atoms with E-state index in [0.717, 1.165) is 29.2 Å². The number of aromatic nitrogens is 1. The maximum atomic E-state index is 5.88. The van der Waals surface area contributed by atoms with Crippen molar-refractivity contribution in [1.82, 2.24) is 4.98 Å². The maximum Gasteiger partial charge on any atom is 0.226 e. The number of aryl methyl sites for hydroxylation is 1. The Morgan fingerprint density at radius 3 is 2.48 bits per heavy atom. The third-order valence-electron chi connectivity index (χ3n) is 4.34. The van der Waals surface area contributed by atoms with Gasteiger partial charge >= 0.3 is 0 Å². The third kappa shape index (κ3) is 5.18. The summed E-state index contributed by atoms with van der Waals surface area (Å²) in [4.78, 5) is 4.56. The van der Waals surface area contributed by atoms with E-state index < -0.39 is 0 Å². The number of hydrogen-bond acceptors (Lipinski definition) is 5. The average Bonchev–Trinajstić information content (AvgIpc) is 3.08. The molecule has 0 radical (unpaired) electrons. The summed E-state index contributed by atoms with van der Waals surface area (Å²) in [5.41, 5.74) is 8.68. The van der Waals surface area contributed by atoms with Crippen LogP contribution in [0.2, 0.25) is 0 Å². The molecule has 1 heterocycles. The minimum Gasteiger partial charge on any atom is -0.487 e. The van der Waals surface area contributed by atoms with Crippen LogP contribution in [-0.2, 0) is 17.8 Å². The van der Waals surface area contributed by atoms with E-state index in [4.69, 9.17) is 19.6 Å². The summed E-state index contributed by atoms with van der Waals surface area (Å²) < 4.78 is 17.3. The van der Waals surface area contributed by atoms with Crippen molar-refractivity contribution in [2.45, 2.75) is 33.0 Å². The Kier molecular flexibility index (Phi) is 6.63. The zero-order valence-electron chi connectivity index (χ0n) is 15.9. The first-order valence-corrected chi connectivity index (χ1v) is 9.24. The van der Waals surface area contributed by atoms with Crippen LogP contribution in [0.3, 0.4) is 0 Å². The van der Waals surface area contributed by atoms with Crippen LogP contribution in [0.5, 0.6) is 5.75 Å². The van der Waals surface area contributed by atoms with Crippen molar-refractivity contribution in [1.29, 1.82) is 0 Å². The van der Waals surface area contributed by atoms with Gasteiger partial charge in [-0.3, -0.25) is 0 Å². The molecule has 1 aromatic heterocycles. The Balaban J connectivity index is 1.60. The van der Waals surface area contributed by atoms with Crippen molar-refractivity contribution < 1.29 is 13.9 Å². The number of nitrogens with zero attached hydrogens (tertiary/aromatic N) is 1. The van der Waals surface area contributed by atoms with E-state index in [2.05, 4.69) is 4.98 Å². The summed E-state index contributed by atoms with van der Waals surface area (Å²) >= 11 is 0. The maximum absolute atomic E-state index is 5.88. The largest absolute Gasteiger partial charge is 0.487 e. The predicted molar refractivity (Wildman–Crippen MR) is 106 cm³/mol. The highest BCUT2D eigenvalue weighted by Gasteiger charge is 2.12. The smallest absolute Gasteiger partial charge is 0.226 e. The van der Waals surface area contributed by atoms with Crippen molar-refractivity contribution in [3.05, 3.63) is 71.6 Å². The van der Waals surface area contributed by atoms with Gasteiger partial charge in [0.15, 0.2) is 0 Å². The van der Waals surface area contributed by atoms with Crippen molar-refractivity contribution >= 4 is 0 Å². The van der Waals surface area contributed by atoms with Gasteiger partial charge in [-0.2, -0.15) is 0 Å². The van der Waals surface area contributed by atoms with Gasteiger partial charge in [0.25, 0.3) is 0 Å². The molecule has 0 saturated heterocycles. The first kappa shape index (κ1) is 19.1. The highest BCUT2D eigenvalue weighted by Crippen LogP contribution is 2.23. The lowest BCUT2D eigenvalue weighted by Crippen LogP contribution is -2.26. The lowest BCUT2D eigenvalue weighted by Gasteiger charge is -2.15. The molecule has 0 amide bonds. The van der Waals surface area contributed by atoms with Crippen LogP contribution in [0, 0.1) is 6.92 Å². The summed E-state index contributed by atoms with van der Waals surface area (Å²) in [6.07, 6.45) is 0.851. The van der Waals surface area contributed by atoms with Crippen LogP contribution in [-0.4, -0.2) is 24.2 Å². The molecular formula is C22H26N2O3. The molecule has 0 aliphatic heterocycles. The zero-order valence-corrected chi connectivity index (χ0v) is 15.9. The van der Waals surface area contributed by atoms with Gasteiger partial charge in [0.2, 0.25) is 5.89 Å². The van der Waals surface area contributed by atoms with Crippen molar-refractivity contribution in [3.63, 3.8) is 0 Å². The second-order valence-electron chi connectivity index (χ2n) is 6.34. The van der Waals surface area contributed by atoms with Crippen molar-refractivity contribution in [2.24, 2.45) is 5.73 Å². The molecule has 0 saturated carbocycles. The van der Waals surface area contributed by atoms with Crippen LogP contribution in [0.4, 0.5) is 0 Å². The molecule has 142 valence electrons. The second-order valence-corrected chi connectivity index (χ2v) is 6.34. The van der Waals surface area contributed by atoms with Crippen LogP contribution in [0.25, 0.3) is 11.5 Å². The van der Waals surface area contributed by atoms with Gasteiger partial charge in [0.1, 0.15) is 23.8 Å². The van der Waals surface area contributed by atoms with E-state index >= 15 is 0 Å². The van der Waals surface area contributed by atoms with Gasteiger partial charge in [-0.05, 0) is 50.1 Å². The molecule has 2 N–H and O–H groups in total. The number of hydrogen-bond donors (Lipinski definition) is 1. The third-order valence-corrected chi connectivity index (χ3v) is 4.34. The average molecular weight is 366 g/mol. The number of nitrogens with two attached hydrogens (primary N) is 1. The van der Waals surface area contributed by atoms with Crippen molar-refractivity contribution in [2.75, 3.05) is 13.2 Å². The Labute approximate surface area is 160 Å². The quantitative estimate of drug-likeness (QED) is 0.616. The molecule has 3 aromatic rings. The molecular weight excluding hydrogens is 340 g/mol. The molecule has 1 unspecified atom stereocenters.